The van der Waals surface area contributed by atoms with Gasteiger partial charge in [0.25, 0.3) is 0 Å². The molecule has 3 rings (SSSR count). The van der Waals surface area contributed by atoms with Gasteiger partial charge in [-0.1, -0.05) is 0 Å². The molecule has 2 aromatic rings. The van der Waals surface area contributed by atoms with E-state index in [0.29, 0.717) is 19.5 Å². The third-order valence-electron chi connectivity index (χ3n) is 4.07. The molecule has 1 aliphatic rings. The lowest BCUT2D eigenvalue weighted by Crippen LogP contribution is -2.35. The lowest BCUT2D eigenvalue weighted by molar-refractivity contribution is -0.128. The molecule has 1 unspecified atom stereocenters. The molecule has 1 aliphatic heterocycles. The number of hydrogen-bond donors (Lipinski definition) is 1. The molecular formula is C15H17N3O3. The Hall–Kier alpha value is -2.37. The minimum atomic E-state index is -0.948. The van der Waals surface area contributed by atoms with Crippen LogP contribution in [0.25, 0.3) is 11.0 Å². The number of imidazole rings is 1. The van der Waals surface area contributed by atoms with E-state index >= 15 is 0 Å². The average molecular weight is 287 g/mol. The van der Waals surface area contributed by atoms with Crippen LogP contribution in [0, 0.1) is 0 Å². The summed E-state index contributed by atoms with van der Waals surface area (Å²) in [6.45, 7) is 3.33. The van der Waals surface area contributed by atoms with Gasteiger partial charge in [-0.25, -0.2) is 9.78 Å². The fourth-order valence-electron chi connectivity index (χ4n) is 2.98. The molecular weight excluding hydrogens is 270 g/mol. The van der Waals surface area contributed by atoms with E-state index in [4.69, 9.17) is 5.11 Å². The Balaban J connectivity index is 1.92. The van der Waals surface area contributed by atoms with Crippen molar-refractivity contribution in [2.45, 2.75) is 32.4 Å². The second-order valence-electron chi connectivity index (χ2n) is 5.28. The van der Waals surface area contributed by atoms with E-state index in [2.05, 4.69) is 4.98 Å². The molecule has 110 valence electrons. The maximum atomic E-state index is 11.8. The van der Waals surface area contributed by atoms with Crippen LogP contribution in [0.15, 0.2) is 24.5 Å². The third-order valence-corrected chi connectivity index (χ3v) is 4.07. The number of fused-ring (bicyclic) bond motifs is 1. The van der Waals surface area contributed by atoms with E-state index in [1.54, 1.807) is 24.5 Å². The standard InChI is InChI=1S/C15H17N3O3/c1-2-18-11(4-6-14(18)19)8-17-9-16-12-5-3-10(15(20)21)7-13(12)17/h3,5,7,9,11H,2,4,6,8H2,1H3,(H,20,21). The number of benzene rings is 1. The highest BCUT2D eigenvalue weighted by molar-refractivity contribution is 5.92. The Morgan fingerprint density at radius 1 is 1.48 bits per heavy atom. The summed E-state index contributed by atoms with van der Waals surface area (Å²) in [5, 5.41) is 9.09. The first-order valence-corrected chi connectivity index (χ1v) is 7.07. The molecule has 21 heavy (non-hydrogen) atoms. The molecule has 6 nitrogen and oxygen atoms in total. The zero-order valence-electron chi connectivity index (χ0n) is 11.8. The molecule has 1 aromatic heterocycles. The van der Waals surface area contributed by atoms with Gasteiger partial charge in [0.15, 0.2) is 0 Å². The third kappa shape index (κ3) is 2.37. The summed E-state index contributed by atoms with van der Waals surface area (Å²) in [4.78, 5) is 29.0. The maximum absolute atomic E-state index is 11.8. The Morgan fingerprint density at radius 3 is 3.00 bits per heavy atom. The molecule has 0 aliphatic carbocycles. The molecule has 0 saturated carbocycles. The monoisotopic (exact) mass is 287 g/mol. The van der Waals surface area contributed by atoms with Gasteiger partial charge < -0.3 is 14.6 Å². The summed E-state index contributed by atoms with van der Waals surface area (Å²) in [6.07, 6.45) is 3.14. The van der Waals surface area contributed by atoms with E-state index in [-0.39, 0.29) is 17.5 Å². The van der Waals surface area contributed by atoms with Crippen LogP contribution in [0.5, 0.6) is 0 Å². The van der Waals surface area contributed by atoms with Gasteiger partial charge in [0.2, 0.25) is 5.91 Å². The maximum Gasteiger partial charge on any atom is 0.335 e. The van der Waals surface area contributed by atoms with E-state index in [0.717, 1.165) is 17.5 Å². The van der Waals surface area contributed by atoms with Crippen LogP contribution in [0.2, 0.25) is 0 Å². The summed E-state index contributed by atoms with van der Waals surface area (Å²) in [6, 6.07) is 5.07. The highest BCUT2D eigenvalue weighted by Gasteiger charge is 2.29. The minimum Gasteiger partial charge on any atom is -0.478 e. The normalized spacial score (nSPS) is 18.6. The van der Waals surface area contributed by atoms with Crippen LogP contribution in [-0.4, -0.2) is 44.0 Å². The number of nitrogens with zero attached hydrogens (tertiary/aromatic N) is 3. The molecule has 1 N–H and O–H groups in total. The zero-order chi connectivity index (χ0) is 15.0. The van der Waals surface area contributed by atoms with Gasteiger partial charge in [-0.05, 0) is 31.5 Å². The zero-order valence-corrected chi connectivity index (χ0v) is 11.8. The predicted octanol–water partition coefficient (Wildman–Crippen LogP) is 1.75. The Bertz CT molecular complexity index is 707. The summed E-state index contributed by atoms with van der Waals surface area (Å²) in [5.74, 6) is -0.756. The second kappa shape index (κ2) is 5.20. The van der Waals surface area contributed by atoms with E-state index in [1.807, 2.05) is 16.4 Å². The molecule has 1 aromatic carbocycles. The number of carbonyl (C=O) groups excluding carboxylic acids is 1. The molecule has 0 bridgehead atoms. The van der Waals surface area contributed by atoms with Gasteiger partial charge in [-0.15, -0.1) is 0 Å². The van der Waals surface area contributed by atoms with Crippen LogP contribution in [0.1, 0.15) is 30.1 Å². The molecule has 0 spiro atoms. The number of aromatic carboxylic acids is 1. The minimum absolute atomic E-state index is 0.161. The lowest BCUT2D eigenvalue weighted by atomic mass is 10.2. The summed E-state index contributed by atoms with van der Waals surface area (Å²) >= 11 is 0. The molecule has 1 atom stereocenters. The van der Waals surface area contributed by atoms with E-state index in [1.165, 1.54) is 0 Å². The Kier molecular flexibility index (Phi) is 3.37. The number of rotatable bonds is 4. The number of carbonyl (C=O) groups is 2. The highest BCUT2D eigenvalue weighted by Crippen LogP contribution is 2.22. The number of amides is 1. The SMILES string of the molecule is CCN1C(=O)CCC1Cn1cnc2ccc(C(=O)O)cc21. The summed E-state index contributed by atoms with van der Waals surface area (Å²) in [7, 11) is 0. The number of carboxylic acid groups (broad SMARTS) is 1. The summed E-state index contributed by atoms with van der Waals surface area (Å²) in [5.41, 5.74) is 1.82. The van der Waals surface area contributed by atoms with E-state index < -0.39 is 5.97 Å². The van der Waals surface area contributed by atoms with Gasteiger partial charge in [0.1, 0.15) is 0 Å². The molecule has 1 saturated heterocycles. The average Bonchev–Trinajstić information content (AvgIpc) is 3.03. The highest BCUT2D eigenvalue weighted by atomic mass is 16.4. The van der Waals surface area contributed by atoms with Gasteiger partial charge in [0.05, 0.1) is 29.0 Å². The summed E-state index contributed by atoms with van der Waals surface area (Å²) < 4.78 is 1.94. The van der Waals surface area contributed by atoms with E-state index in [9.17, 15) is 9.59 Å². The number of likely N-dealkylation sites (tertiary alicyclic amines) is 1. The van der Waals surface area contributed by atoms with Crippen molar-refractivity contribution in [2.24, 2.45) is 0 Å². The Labute approximate surface area is 122 Å². The first-order chi connectivity index (χ1) is 10.1. The second-order valence-corrected chi connectivity index (χ2v) is 5.28. The van der Waals surface area contributed by atoms with Crippen molar-refractivity contribution in [1.82, 2.24) is 14.5 Å². The predicted molar refractivity (Wildman–Crippen MR) is 77.1 cm³/mol. The molecule has 1 amide bonds. The van der Waals surface area contributed by atoms with Crippen LogP contribution in [0.4, 0.5) is 0 Å². The largest absolute Gasteiger partial charge is 0.478 e. The molecule has 0 radical (unpaired) electrons. The molecule has 1 fully saturated rings. The van der Waals surface area contributed by atoms with Gasteiger partial charge in [-0.2, -0.15) is 0 Å². The number of likely N-dealkylation sites (N-methyl/N-ethyl adjacent to an activating group) is 1. The van der Waals surface area contributed by atoms with Gasteiger partial charge in [0, 0.05) is 19.5 Å². The van der Waals surface area contributed by atoms with Crippen LogP contribution >= 0.6 is 0 Å². The molecule has 2 heterocycles. The first kappa shape index (κ1) is 13.6. The fraction of sp³-hybridized carbons (Fsp3) is 0.400. The van der Waals surface area contributed by atoms with Crippen molar-refractivity contribution in [2.75, 3.05) is 6.54 Å². The quantitative estimate of drug-likeness (QED) is 0.929. The van der Waals surface area contributed by atoms with Crippen molar-refractivity contribution >= 4 is 22.9 Å². The fourth-order valence-corrected chi connectivity index (χ4v) is 2.98. The van der Waals surface area contributed by atoms with Crippen molar-refractivity contribution in [3.63, 3.8) is 0 Å². The topological polar surface area (TPSA) is 75.4 Å². The van der Waals surface area contributed by atoms with Crippen LogP contribution in [-0.2, 0) is 11.3 Å². The van der Waals surface area contributed by atoms with Crippen LogP contribution in [0.3, 0.4) is 0 Å². The van der Waals surface area contributed by atoms with Crippen molar-refractivity contribution < 1.29 is 14.7 Å². The Morgan fingerprint density at radius 2 is 2.29 bits per heavy atom. The van der Waals surface area contributed by atoms with Crippen LogP contribution < -0.4 is 0 Å². The van der Waals surface area contributed by atoms with Crippen molar-refractivity contribution in [3.05, 3.63) is 30.1 Å². The number of hydrogen-bond acceptors (Lipinski definition) is 3. The number of carboxylic acids is 1. The lowest BCUT2D eigenvalue weighted by Gasteiger charge is -2.23. The van der Waals surface area contributed by atoms with Gasteiger partial charge >= 0.3 is 5.97 Å². The smallest absolute Gasteiger partial charge is 0.335 e. The molecule has 6 heteroatoms. The number of aromatic nitrogens is 2. The van der Waals surface area contributed by atoms with Gasteiger partial charge in [-0.3, -0.25) is 4.79 Å². The first-order valence-electron chi connectivity index (χ1n) is 7.07. The van der Waals surface area contributed by atoms with Crippen molar-refractivity contribution in [1.29, 1.82) is 0 Å². The van der Waals surface area contributed by atoms with Crippen molar-refractivity contribution in [3.8, 4) is 0 Å².